The molecule has 0 N–H and O–H groups in total. The molecule has 0 radical (unpaired) electrons. The molecule has 5 rings (SSSR count). The largest absolute Gasteiger partial charge is 0.445 e. The monoisotopic (exact) mass is 437 g/mol. The summed E-state index contributed by atoms with van der Waals surface area (Å²) in [6.45, 7) is 4.28. The number of rotatable bonds is 5. The normalized spacial score (nSPS) is 15.5. The molecule has 0 atom stereocenters. The zero-order chi connectivity index (χ0) is 21.6. The van der Waals surface area contributed by atoms with Crippen LogP contribution < -0.4 is 0 Å². The van der Waals surface area contributed by atoms with Gasteiger partial charge >= 0.3 is 0 Å². The lowest BCUT2D eigenvalue weighted by molar-refractivity contribution is 0.370. The van der Waals surface area contributed by atoms with Gasteiger partial charge in [-0.2, -0.15) is 5.10 Å². The summed E-state index contributed by atoms with van der Waals surface area (Å²) in [5.41, 5.74) is 3.49. The van der Waals surface area contributed by atoms with Gasteiger partial charge in [0.1, 0.15) is 11.2 Å². The van der Waals surface area contributed by atoms with E-state index in [0.29, 0.717) is 18.0 Å². The number of hydrogen-bond donors (Lipinski definition) is 0. The number of hydrogen-bond acceptors (Lipinski definition) is 6. The summed E-state index contributed by atoms with van der Waals surface area (Å²) in [4.78, 5) is 6.64. The van der Waals surface area contributed by atoms with Gasteiger partial charge in [-0.05, 0) is 44.2 Å². The van der Waals surface area contributed by atoms with Crippen molar-refractivity contribution >= 4 is 26.5 Å². The zero-order valence-electron chi connectivity index (χ0n) is 17.4. The molecule has 3 aromatic heterocycles. The van der Waals surface area contributed by atoms with Crippen LogP contribution in [0.15, 0.2) is 64.6 Å². The maximum Gasteiger partial charge on any atom is 0.271 e. The van der Waals surface area contributed by atoms with Crippen LogP contribution in [0.5, 0.6) is 0 Å². The Kier molecular flexibility index (Phi) is 4.79. The number of nitrogens with zero attached hydrogens (tertiary/aromatic N) is 5. The van der Waals surface area contributed by atoms with E-state index in [2.05, 4.69) is 28.1 Å². The van der Waals surface area contributed by atoms with E-state index in [0.717, 1.165) is 41.6 Å². The Bertz CT molecular complexity index is 1380. The summed E-state index contributed by atoms with van der Waals surface area (Å²) < 4.78 is 35.4. The van der Waals surface area contributed by atoms with E-state index in [1.807, 2.05) is 25.1 Å². The van der Waals surface area contributed by atoms with Gasteiger partial charge in [0, 0.05) is 48.5 Å². The molecule has 31 heavy (non-hydrogen) atoms. The van der Waals surface area contributed by atoms with Gasteiger partial charge in [-0.15, -0.1) is 0 Å². The molecule has 4 heterocycles. The van der Waals surface area contributed by atoms with Crippen molar-refractivity contribution in [1.29, 1.82) is 0 Å². The van der Waals surface area contributed by atoms with E-state index < -0.39 is 10.0 Å². The van der Waals surface area contributed by atoms with E-state index in [1.54, 1.807) is 23.3 Å². The molecule has 9 heteroatoms. The topological polar surface area (TPSA) is 86.2 Å². The van der Waals surface area contributed by atoms with Crippen LogP contribution in [0, 0.1) is 0 Å². The molecule has 0 saturated heterocycles. The predicted octanol–water partition coefficient (Wildman–Crippen LogP) is 3.47. The third-order valence-corrected chi connectivity index (χ3v) is 7.32. The third-order valence-electron chi connectivity index (χ3n) is 5.70. The summed E-state index contributed by atoms with van der Waals surface area (Å²) in [5.74, 6) is 0.505. The molecule has 0 saturated carbocycles. The first kappa shape index (κ1) is 19.8. The minimum Gasteiger partial charge on any atom is -0.445 e. The van der Waals surface area contributed by atoms with Crippen molar-refractivity contribution in [3.8, 4) is 11.5 Å². The van der Waals surface area contributed by atoms with E-state index in [9.17, 15) is 8.42 Å². The second-order valence-electron chi connectivity index (χ2n) is 7.69. The van der Waals surface area contributed by atoms with Crippen molar-refractivity contribution in [3.05, 3.63) is 60.9 Å². The molecule has 1 aliphatic heterocycles. The van der Waals surface area contributed by atoms with Gasteiger partial charge in [0.25, 0.3) is 10.0 Å². The van der Waals surface area contributed by atoms with Crippen molar-refractivity contribution in [2.75, 3.05) is 20.1 Å². The fourth-order valence-corrected chi connectivity index (χ4v) is 5.26. The molecule has 1 aromatic carbocycles. The first-order valence-electron chi connectivity index (χ1n) is 10.2. The second kappa shape index (κ2) is 7.51. The molecule has 0 amide bonds. The van der Waals surface area contributed by atoms with Crippen molar-refractivity contribution < 1.29 is 12.8 Å². The van der Waals surface area contributed by atoms with Crippen molar-refractivity contribution in [3.63, 3.8) is 0 Å². The number of benzene rings is 1. The number of aryl methyl sites for hydroxylation is 1. The van der Waals surface area contributed by atoms with Gasteiger partial charge in [0.2, 0.25) is 5.89 Å². The average Bonchev–Trinajstić information content (AvgIpc) is 3.53. The van der Waals surface area contributed by atoms with Crippen LogP contribution in [-0.2, 0) is 16.6 Å². The second-order valence-corrected chi connectivity index (χ2v) is 9.50. The van der Waals surface area contributed by atoms with Gasteiger partial charge in [0.15, 0.2) is 0 Å². The van der Waals surface area contributed by atoms with E-state index in [4.69, 9.17) is 4.42 Å². The van der Waals surface area contributed by atoms with Crippen LogP contribution in [0.2, 0.25) is 0 Å². The zero-order valence-corrected chi connectivity index (χ0v) is 18.2. The smallest absolute Gasteiger partial charge is 0.271 e. The Morgan fingerprint density at radius 1 is 1.23 bits per heavy atom. The summed E-state index contributed by atoms with van der Waals surface area (Å²) in [6.07, 6.45) is 10.9. The molecule has 8 nitrogen and oxygen atoms in total. The van der Waals surface area contributed by atoms with Crippen molar-refractivity contribution in [1.82, 2.24) is 23.6 Å². The fourth-order valence-electron chi connectivity index (χ4n) is 3.93. The molecule has 0 bridgehead atoms. The van der Waals surface area contributed by atoms with Crippen LogP contribution in [0.1, 0.15) is 18.9 Å². The molecule has 0 fully saturated rings. The Balaban J connectivity index is 1.72. The van der Waals surface area contributed by atoms with Gasteiger partial charge in [-0.3, -0.25) is 4.68 Å². The van der Waals surface area contributed by atoms with Crippen LogP contribution >= 0.6 is 0 Å². The Morgan fingerprint density at radius 3 is 2.77 bits per heavy atom. The summed E-state index contributed by atoms with van der Waals surface area (Å²) >= 11 is 0. The minimum absolute atomic E-state index is 0.173. The van der Waals surface area contributed by atoms with E-state index in [1.165, 1.54) is 16.4 Å². The molecule has 0 aliphatic carbocycles. The van der Waals surface area contributed by atoms with Gasteiger partial charge in [-0.1, -0.05) is 6.08 Å². The minimum atomic E-state index is -3.79. The first-order valence-corrected chi connectivity index (χ1v) is 11.6. The lowest BCUT2D eigenvalue weighted by Gasteiger charge is -2.21. The first-order chi connectivity index (χ1) is 15.0. The number of likely N-dealkylation sites (N-methyl/N-ethyl adjacent to an activating group) is 1. The van der Waals surface area contributed by atoms with Gasteiger partial charge in [0.05, 0.1) is 17.9 Å². The molecule has 0 spiro atoms. The summed E-state index contributed by atoms with van der Waals surface area (Å²) in [7, 11) is -1.72. The van der Waals surface area contributed by atoms with E-state index in [-0.39, 0.29) is 4.90 Å². The van der Waals surface area contributed by atoms with Crippen LogP contribution in [0.25, 0.3) is 27.9 Å². The number of oxazole rings is 1. The van der Waals surface area contributed by atoms with Gasteiger partial charge in [-0.25, -0.2) is 17.4 Å². The molecule has 4 aromatic rings. The maximum absolute atomic E-state index is 13.5. The van der Waals surface area contributed by atoms with Crippen molar-refractivity contribution in [2.45, 2.75) is 24.8 Å². The predicted molar refractivity (Wildman–Crippen MR) is 118 cm³/mol. The highest BCUT2D eigenvalue weighted by atomic mass is 32.2. The Labute approximate surface area is 180 Å². The SMILES string of the molecule is CCn1cc(S(=O)(=O)n2cc(C3=CCN(C)CC3)c3cc(-c4ncco4)ccc32)cn1. The lowest BCUT2D eigenvalue weighted by atomic mass is 9.98. The van der Waals surface area contributed by atoms with Crippen LogP contribution in [0.4, 0.5) is 0 Å². The fraction of sp³-hybridized carbons (Fsp3) is 0.273. The highest BCUT2D eigenvalue weighted by molar-refractivity contribution is 7.90. The Morgan fingerprint density at radius 2 is 2.10 bits per heavy atom. The number of fused-ring (bicyclic) bond motifs is 1. The average molecular weight is 438 g/mol. The highest BCUT2D eigenvalue weighted by Crippen LogP contribution is 2.35. The van der Waals surface area contributed by atoms with Crippen molar-refractivity contribution in [2.24, 2.45) is 0 Å². The lowest BCUT2D eigenvalue weighted by Crippen LogP contribution is -2.23. The highest BCUT2D eigenvalue weighted by Gasteiger charge is 2.25. The summed E-state index contributed by atoms with van der Waals surface area (Å²) in [6, 6.07) is 5.61. The standard InChI is InChI=1S/C22H23N5O3S/c1-3-26-14-18(13-24-26)31(28,29)27-15-20(16-6-9-25(2)10-7-16)19-12-17(4-5-21(19)27)22-23-8-11-30-22/h4-6,8,11-15H,3,7,9-10H2,1-2H3. The maximum atomic E-state index is 13.5. The van der Waals surface area contributed by atoms with E-state index >= 15 is 0 Å². The van der Waals surface area contributed by atoms with Crippen LogP contribution in [0.3, 0.4) is 0 Å². The molecule has 1 aliphatic rings. The molecule has 0 unspecified atom stereocenters. The Hall–Kier alpha value is -3.17. The van der Waals surface area contributed by atoms with Gasteiger partial charge < -0.3 is 9.32 Å². The molecule has 160 valence electrons. The molecular weight excluding hydrogens is 414 g/mol. The summed E-state index contributed by atoms with van der Waals surface area (Å²) in [5, 5.41) is 5.01. The number of aromatic nitrogens is 4. The third kappa shape index (κ3) is 3.39. The van der Waals surface area contributed by atoms with Crippen LogP contribution in [-0.4, -0.2) is 52.2 Å². The molecular formula is C22H23N5O3S. The quantitative estimate of drug-likeness (QED) is 0.475.